The molecule has 6 heteroatoms. The Morgan fingerprint density at radius 1 is 0.300 bits per heavy atom. The Balaban J connectivity index is 1.10. The van der Waals surface area contributed by atoms with Gasteiger partial charge in [0.2, 0.25) is 0 Å². The normalized spacial score (nSPS) is 11.2. The largest absolute Gasteiger partial charge is 0.497 e. The van der Waals surface area contributed by atoms with Crippen molar-refractivity contribution in [3.8, 4) is 23.0 Å². The van der Waals surface area contributed by atoms with Crippen molar-refractivity contribution in [3.63, 3.8) is 0 Å². The smallest absolute Gasteiger partial charge is 0.118 e. The Morgan fingerprint density at radius 3 is 0.700 bits per heavy atom. The summed E-state index contributed by atoms with van der Waals surface area (Å²) in [6, 6.07) is 33.9. The molecule has 0 aromatic heterocycles. The van der Waals surface area contributed by atoms with Crippen LogP contribution in [0.1, 0.15) is 86.5 Å². The highest BCUT2D eigenvalue weighted by Gasteiger charge is 2.10. The Kier molecular flexibility index (Phi) is 17.6. The molecule has 0 fully saturated rings. The maximum absolute atomic E-state index is 5.36. The SMILES string of the molecule is COc1ccc(CN(CCCCCCCCCCCCN(Cc2ccc(OC)cc2)Cc2ccc(OC)cc2)Cc2ccc(OC)cc2)cc1. The van der Waals surface area contributed by atoms with E-state index in [1.54, 1.807) is 28.4 Å². The van der Waals surface area contributed by atoms with E-state index in [0.29, 0.717) is 0 Å². The van der Waals surface area contributed by atoms with Crippen molar-refractivity contribution in [1.82, 2.24) is 9.80 Å². The first kappa shape index (κ1) is 38.8. The van der Waals surface area contributed by atoms with Gasteiger partial charge in [0.1, 0.15) is 23.0 Å². The molecule has 0 heterocycles. The Morgan fingerprint density at radius 2 is 0.500 bits per heavy atom. The minimum atomic E-state index is 0.906. The van der Waals surface area contributed by atoms with Crippen LogP contribution in [0.5, 0.6) is 23.0 Å². The van der Waals surface area contributed by atoms with Crippen LogP contribution in [-0.4, -0.2) is 51.3 Å². The molecule has 0 radical (unpaired) electrons. The van der Waals surface area contributed by atoms with Crippen molar-refractivity contribution < 1.29 is 18.9 Å². The molecule has 0 saturated heterocycles. The first-order chi connectivity index (χ1) is 24.6. The average Bonchev–Trinajstić information content (AvgIpc) is 3.16. The maximum atomic E-state index is 5.36. The second kappa shape index (κ2) is 22.7. The molecule has 0 aliphatic carbocycles. The van der Waals surface area contributed by atoms with Crippen LogP contribution in [0, 0.1) is 0 Å². The molecule has 4 aromatic rings. The van der Waals surface area contributed by atoms with Crippen molar-refractivity contribution in [1.29, 1.82) is 0 Å². The zero-order valence-electron chi connectivity index (χ0n) is 31.1. The van der Waals surface area contributed by atoms with Crippen LogP contribution in [0.2, 0.25) is 0 Å². The topological polar surface area (TPSA) is 43.4 Å². The second-order valence-corrected chi connectivity index (χ2v) is 13.3. The maximum Gasteiger partial charge on any atom is 0.118 e. The monoisotopic (exact) mass is 680 g/mol. The first-order valence-corrected chi connectivity index (χ1v) is 18.5. The van der Waals surface area contributed by atoms with Crippen LogP contribution < -0.4 is 18.9 Å². The highest BCUT2D eigenvalue weighted by atomic mass is 16.5. The van der Waals surface area contributed by atoms with Gasteiger partial charge < -0.3 is 18.9 Å². The molecule has 0 amide bonds. The summed E-state index contributed by atoms with van der Waals surface area (Å²) < 4.78 is 21.4. The van der Waals surface area contributed by atoms with E-state index >= 15 is 0 Å². The van der Waals surface area contributed by atoms with E-state index in [9.17, 15) is 0 Å². The van der Waals surface area contributed by atoms with E-state index < -0.39 is 0 Å². The lowest BCUT2D eigenvalue weighted by atomic mass is 10.1. The average molecular weight is 681 g/mol. The number of rotatable bonds is 25. The number of ether oxygens (including phenoxy) is 4. The lowest BCUT2D eigenvalue weighted by Gasteiger charge is -2.23. The predicted molar refractivity (Wildman–Crippen MR) is 206 cm³/mol. The molecule has 0 saturated carbocycles. The summed E-state index contributed by atoms with van der Waals surface area (Å²) >= 11 is 0. The molecular formula is C44H60N2O4. The third-order valence-electron chi connectivity index (χ3n) is 9.46. The van der Waals surface area contributed by atoms with Crippen molar-refractivity contribution >= 4 is 0 Å². The van der Waals surface area contributed by atoms with Crippen molar-refractivity contribution in [2.24, 2.45) is 0 Å². The summed E-state index contributed by atoms with van der Waals surface area (Å²) in [5, 5.41) is 0. The van der Waals surface area contributed by atoms with Gasteiger partial charge in [0.05, 0.1) is 28.4 Å². The third-order valence-corrected chi connectivity index (χ3v) is 9.46. The lowest BCUT2D eigenvalue weighted by molar-refractivity contribution is 0.249. The summed E-state index contributed by atoms with van der Waals surface area (Å²) in [5.74, 6) is 3.62. The number of unbranched alkanes of at least 4 members (excludes halogenated alkanes) is 9. The van der Waals surface area contributed by atoms with Gasteiger partial charge in [-0.05, 0) is 96.7 Å². The molecule has 0 N–H and O–H groups in total. The van der Waals surface area contributed by atoms with Gasteiger partial charge in [-0.2, -0.15) is 0 Å². The molecule has 0 bridgehead atoms. The van der Waals surface area contributed by atoms with Crippen LogP contribution in [0.15, 0.2) is 97.1 Å². The molecular weight excluding hydrogens is 620 g/mol. The van der Waals surface area contributed by atoms with Gasteiger partial charge in [-0.25, -0.2) is 0 Å². The molecule has 0 aliphatic rings. The summed E-state index contributed by atoms with van der Waals surface area (Å²) in [7, 11) is 6.88. The predicted octanol–water partition coefficient (Wildman–Crippen LogP) is 10.3. The first-order valence-electron chi connectivity index (χ1n) is 18.5. The van der Waals surface area contributed by atoms with E-state index in [0.717, 1.165) is 62.3 Å². The van der Waals surface area contributed by atoms with Gasteiger partial charge in [-0.3, -0.25) is 9.80 Å². The van der Waals surface area contributed by atoms with E-state index in [4.69, 9.17) is 18.9 Å². The van der Waals surface area contributed by atoms with Crippen molar-refractivity contribution in [2.45, 2.75) is 90.4 Å². The summed E-state index contributed by atoms with van der Waals surface area (Å²) in [4.78, 5) is 5.14. The molecule has 0 unspecified atom stereocenters. The number of benzene rings is 4. The number of hydrogen-bond donors (Lipinski definition) is 0. The van der Waals surface area contributed by atoms with Gasteiger partial charge in [0.25, 0.3) is 0 Å². The highest BCUT2D eigenvalue weighted by Crippen LogP contribution is 2.20. The minimum Gasteiger partial charge on any atom is -0.497 e. The summed E-state index contributed by atoms with van der Waals surface area (Å²) in [5.41, 5.74) is 5.28. The number of nitrogens with zero attached hydrogens (tertiary/aromatic N) is 2. The van der Waals surface area contributed by atoms with E-state index in [1.165, 1.54) is 86.5 Å². The van der Waals surface area contributed by atoms with Crippen LogP contribution in [0.3, 0.4) is 0 Å². The van der Waals surface area contributed by atoms with Crippen LogP contribution >= 0.6 is 0 Å². The zero-order chi connectivity index (χ0) is 35.2. The Bertz CT molecular complexity index is 1230. The molecule has 0 spiro atoms. The van der Waals surface area contributed by atoms with Crippen molar-refractivity contribution in [3.05, 3.63) is 119 Å². The van der Waals surface area contributed by atoms with Gasteiger partial charge >= 0.3 is 0 Å². The molecule has 0 atom stereocenters. The van der Waals surface area contributed by atoms with E-state index in [-0.39, 0.29) is 0 Å². The zero-order valence-corrected chi connectivity index (χ0v) is 31.1. The van der Waals surface area contributed by atoms with Crippen LogP contribution in [0.4, 0.5) is 0 Å². The van der Waals surface area contributed by atoms with Gasteiger partial charge in [0, 0.05) is 26.2 Å². The standard InChI is InChI=1S/C44H60N2O4/c1-47-41-23-15-37(16-24-41)33-45(34-38-17-25-42(48-2)26-18-38)31-13-11-9-7-5-6-8-10-12-14-32-46(35-39-19-27-43(49-3)28-20-39)36-40-21-29-44(50-4)30-22-40/h15-30H,5-14,31-36H2,1-4H3. The molecule has 4 rings (SSSR count). The Hall–Kier alpha value is -4.00. The molecule has 270 valence electrons. The fourth-order valence-electron chi connectivity index (χ4n) is 6.47. The fourth-order valence-corrected chi connectivity index (χ4v) is 6.47. The van der Waals surface area contributed by atoms with Gasteiger partial charge in [0.15, 0.2) is 0 Å². The highest BCUT2D eigenvalue weighted by molar-refractivity contribution is 5.30. The molecule has 4 aromatic carbocycles. The minimum absolute atomic E-state index is 0.906. The van der Waals surface area contributed by atoms with Gasteiger partial charge in [-0.15, -0.1) is 0 Å². The summed E-state index contributed by atoms with van der Waals surface area (Å²) in [6.07, 6.45) is 13.1. The number of methoxy groups -OCH3 is 4. The second-order valence-electron chi connectivity index (χ2n) is 13.3. The van der Waals surface area contributed by atoms with Gasteiger partial charge in [-0.1, -0.05) is 99.9 Å². The third kappa shape index (κ3) is 14.5. The van der Waals surface area contributed by atoms with Crippen LogP contribution in [0.25, 0.3) is 0 Å². The number of hydrogen-bond acceptors (Lipinski definition) is 6. The lowest BCUT2D eigenvalue weighted by Crippen LogP contribution is -2.24. The van der Waals surface area contributed by atoms with Crippen molar-refractivity contribution in [2.75, 3.05) is 41.5 Å². The van der Waals surface area contributed by atoms with Crippen LogP contribution in [-0.2, 0) is 26.2 Å². The molecule has 50 heavy (non-hydrogen) atoms. The summed E-state index contributed by atoms with van der Waals surface area (Å²) in [6.45, 7) is 5.97. The Labute approximate surface area is 302 Å². The van der Waals surface area contributed by atoms with E-state index in [2.05, 4.69) is 107 Å². The molecule has 6 nitrogen and oxygen atoms in total. The quantitative estimate of drug-likeness (QED) is 0.0649. The molecule has 0 aliphatic heterocycles. The van der Waals surface area contributed by atoms with E-state index in [1.807, 2.05) is 0 Å². The fraction of sp³-hybridized carbons (Fsp3) is 0.455.